The van der Waals surface area contributed by atoms with Gasteiger partial charge >= 0.3 is 0 Å². The first kappa shape index (κ1) is 13.7. The fraction of sp³-hybridized carbons (Fsp3) is 0.188. The SMILES string of the molecule is COc1cccc(SC(C)C(=O)c2ccccc2)c1. The monoisotopic (exact) mass is 272 g/mol. The van der Waals surface area contributed by atoms with E-state index >= 15 is 0 Å². The van der Waals surface area contributed by atoms with Gasteiger partial charge in [0.05, 0.1) is 12.4 Å². The van der Waals surface area contributed by atoms with Crippen molar-refractivity contribution < 1.29 is 9.53 Å². The van der Waals surface area contributed by atoms with Gasteiger partial charge in [0.15, 0.2) is 5.78 Å². The Morgan fingerprint density at radius 3 is 2.53 bits per heavy atom. The van der Waals surface area contributed by atoms with Crippen LogP contribution in [0.3, 0.4) is 0 Å². The molecule has 0 N–H and O–H groups in total. The topological polar surface area (TPSA) is 26.3 Å². The Kier molecular flexibility index (Phi) is 4.63. The molecule has 0 spiro atoms. The van der Waals surface area contributed by atoms with Crippen LogP contribution in [0, 0.1) is 0 Å². The van der Waals surface area contributed by atoms with Crippen molar-refractivity contribution in [1.29, 1.82) is 0 Å². The van der Waals surface area contributed by atoms with Crippen LogP contribution in [-0.4, -0.2) is 18.1 Å². The van der Waals surface area contributed by atoms with Crippen LogP contribution < -0.4 is 4.74 Å². The van der Waals surface area contributed by atoms with Crippen LogP contribution in [0.5, 0.6) is 5.75 Å². The molecule has 1 atom stereocenters. The Labute approximate surface area is 117 Å². The number of ketones is 1. The molecule has 0 aliphatic carbocycles. The van der Waals surface area contributed by atoms with E-state index in [9.17, 15) is 4.79 Å². The van der Waals surface area contributed by atoms with Gasteiger partial charge in [-0.1, -0.05) is 36.4 Å². The third-order valence-electron chi connectivity index (χ3n) is 2.78. The molecule has 0 aromatic heterocycles. The average molecular weight is 272 g/mol. The third kappa shape index (κ3) is 3.61. The number of carbonyl (C=O) groups excluding carboxylic acids is 1. The summed E-state index contributed by atoms with van der Waals surface area (Å²) < 4.78 is 5.18. The van der Waals surface area contributed by atoms with Gasteiger partial charge in [-0.15, -0.1) is 11.8 Å². The van der Waals surface area contributed by atoms with E-state index in [1.165, 1.54) is 0 Å². The van der Waals surface area contributed by atoms with E-state index < -0.39 is 0 Å². The Balaban J connectivity index is 2.08. The Morgan fingerprint density at radius 1 is 1.11 bits per heavy atom. The van der Waals surface area contributed by atoms with Gasteiger partial charge in [-0.05, 0) is 25.1 Å². The Hall–Kier alpha value is -1.74. The summed E-state index contributed by atoms with van der Waals surface area (Å²) in [5.41, 5.74) is 0.755. The fourth-order valence-corrected chi connectivity index (χ4v) is 2.76. The van der Waals surface area contributed by atoms with Gasteiger partial charge in [-0.3, -0.25) is 4.79 Å². The predicted molar refractivity (Wildman–Crippen MR) is 79.1 cm³/mol. The van der Waals surface area contributed by atoms with Gasteiger partial charge in [0.2, 0.25) is 0 Å². The zero-order chi connectivity index (χ0) is 13.7. The average Bonchev–Trinajstić information content (AvgIpc) is 2.47. The first-order valence-corrected chi connectivity index (χ1v) is 6.98. The van der Waals surface area contributed by atoms with Crippen molar-refractivity contribution in [3.63, 3.8) is 0 Å². The second-order valence-corrected chi connectivity index (χ2v) is 5.58. The van der Waals surface area contributed by atoms with E-state index in [-0.39, 0.29) is 11.0 Å². The molecule has 0 fully saturated rings. The highest BCUT2D eigenvalue weighted by atomic mass is 32.2. The Bertz CT molecular complexity index is 552. The van der Waals surface area contributed by atoms with Crippen LogP contribution in [0.2, 0.25) is 0 Å². The molecule has 3 heteroatoms. The molecular weight excluding hydrogens is 256 g/mol. The molecule has 98 valence electrons. The second-order valence-electron chi connectivity index (χ2n) is 4.17. The van der Waals surface area contributed by atoms with Crippen molar-refractivity contribution in [2.45, 2.75) is 17.1 Å². The van der Waals surface area contributed by atoms with Gasteiger partial charge in [-0.25, -0.2) is 0 Å². The fourth-order valence-electron chi connectivity index (χ4n) is 1.77. The molecule has 2 rings (SSSR count). The predicted octanol–water partition coefficient (Wildman–Crippen LogP) is 4.06. The summed E-state index contributed by atoms with van der Waals surface area (Å²) in [5, 5.41) is -0.116. The lowest BCUT2D eigenvalue weighted by molar-refractivity contribution is 0.0994. The summed E-state index contributed by atoms with van der Waals surface area (Å²) in [6.07, 6.45) is 0. The first-order chi connectivity index (χ1) is 9.20. The molecule has 0 saturated heterocycles. The summed E-state index contributed by atoms with van der Waals surface area (Å²) in [5.74, 6) is 0.956. The minimum absolute atomic E-state index is 0.116. The highest BCUT2D eigenvalue weighted by molar-refractivity contribution is 8.00. The maximum absolute atomic E-state index is 12.3. The number of hydrogen-bond donors (Lipinski definition) is 0. The van der Waals surface area contributed by atoms with E-state index in [2.05, 4.69) is 0 Å². The lowest BCUT2D eigenvalue weighted by Gasteiger charge is -2.11. The van der Waals surface area contributed by atoms with E-state index in [0.29, 0.717) is 0 Å². The van der Waals surface area contributed by atoms with E-state index in [1.807, 2.05) is 61.5 Å². The largest absolute Gasteiger partial charge is 0.497 e. The van der Waals surface area contributed by atoms with Crippen molar-refractivity contribution in [1.82, 2.24) is 0 Å². The summed E-state index contributed by atoms with van der Waals surface area (Å²) in [6, 6.07) is 17.1. The minimum atomic E-state index is -0.116. The molecule has 2 aromatic carbocycles. The van der Waals surface area contributed by atoms with E-state index in [4.69, 9.17) is 4.74 Å². The summed E-state index contributed by atoms with van der Waals surface area (Å²) in [7, 11) is 1.64. The molecule has 0 bridgehead atoms. The zero-order valence-corrected chi connectivity index (χ0v) is 11.8. The molecule has 2 aromatic rings. The standard InChI is InChI=1S/C16H16O2S/c1-12(16(17)13-7-4-3-5-8-13)19-15-10-6-9-14(11-15)18-2/h3-12H,1-2H3. The summed E-state index contributed by atoms with van der Waals surface area (Å²) in [4.78, 5) is 13.3. The lowest BCUT2D eigenvalue weighted by Crippen LogP contribution is -2.13. The molecule has 0 saturated carbocycles. The van der Waals surface area contributed by atoms with Gasteiger partial charge in [0.25, 0.3) is 0 Å². The number of hydrogen-bond acceptors (Lipinski definition) is 3. The highest BCUT2D eigenvalue weighted by Crippen LogP contribution is 2.28. The van der Waals surface area contributed by atoms with Crippen molar-refractivity contribution in [2.24, 2.45) is 0 Å². The molecule has 0 aliphatic rings. The van der Waals surface area contributed by atoms with Crippen LogP contribution in [0.25, 0.3) is 0 Å². The number of rotatable bonds is 5. The van der Waals surface area contributed by atoms with Crippen LogP contribution in [0.4, 0.5) is 0 Å². The van der Waals surface area contributed by atoms with Crippen LogP contribution in [0.1, 0.15) is 17.3 Å². The van der Waals surface area contributed by atoms with E-state index in [1.54, 1.807) is 18.9 Å². The van der Waals surface area contributed by atoms with E-state index in [0.717, 1.165) is 16.2 Å². The summed E-state index contributed by atoms with van der Waals surface area (Å²) >= 11 is 1.55. The molecule has 0 aliphatic heterocycles. The summed E-state index contributed by atoms with van der Waals surface area (Å²) in [6.45, 7) is 1.93. The maximum atomic E-state index is 12.3. The van der Waals surface area contributed by atoms with Crippen LogP contribution >= 0.6 is 11.8 Å². The highest BCUT2D eigenvalue weighted by Gasteiger charge is 2.16. The third-order valence-corrected chi connectivity index (χ3v) is 3.88. The molecule has 2 nitrogen and oxygen atoms in total. The number of methoxy groups -OCH3 is 1. The number of benzene rings is 2. The zero-order valence-electron chi connectivity index (χ0n) is 11.0. The smallest absolute Gasteiger partial charge is 0.175 e. The minimum Gasteiger partial charge on any atom is -0.497 e. The first-order valence-electron chi connectivity index (χ1n) is 6.10. The number of carbonyl (C=O) groups is 1. The molecule has 0 amide bonds. The molecule has 19 heavy (non-hydrogen) atoms. The Morgan fingerprint density at radius 2 is 1.84 bits per heavy atom. The van der Waals surface area contributed by atoms with Crippen molar-refractivity contribution >= 4 is 17.5 Å². The van der Waals surface area contributed by atoms with Gasteiger partial charge < -0.3 is 4.74 Å². The normalized spacial score (nSPS) is 11.9. The van der Waals surface area contributed by atoms with Gasteiger partial charge in [0.1, 0.15) is 5.75 Å². The molecule has 1 unspecified atom stereocenters. The second kappa shape index (κ2) is 6.43. The molecule has 0 heterocycles. The molecule has 0 radical (unpaired) electrons. The van der Waals surface area contributed by atoms with Crippen molar-refractivity contribution in [3.05, 3.63) is 60.2 Å². The van der Waals surface area contributed by atoms with Gasteiger partial charge in [-0.2, -0.15) is 0 Å². The van der Waals surface area contributed by atoms with Gasteiger partial charge in [0, 0.05) is 10.5 Å². The number of Topliss-reactive ketones (excluding diaryl/α,β-unsaturated/α-hetero) is 1. The van der Waals surface area contributed by atoms with Crippen LogP contribution in [-0.2, 0) is 0 Å². The van der Waals surface area contributed by atoms with Crippen molar-refractivity contribution in [2.75, 3.05) is 7.11 Å². The number of thioether (sulfide) groups is 1. The quantitative estimate of drug-likeness (QED) is 0.606. The lowest BCUT2D eigenvalue weighted by atomic mass is 10.1. The number of ether oxygens (including phenoxy) is 1. The van der Waals surface area contributed by atoms with Crippen molar-refractivity contribution in [3.8, 4) is 5.75 Å². The molecular formula is C16H16O2S. The van der Waals surface area contributed by atoms with Crippen LogP contribution in [0.15, 0.2) is 59.5 Å². The maximum Gasteiger partial charge on any atom is 0.175 e.